The van der Waals surface area contributed by atoms with Crippen molar-refractivity contribution in [2.24, 2.45) is 12.8 Å². The minimum atomic E-state index is 0. The van der Waals surface area contributed by atoms with Crippen LogP contribution in [0.4, 0.5) is 0 Å². The van der Waals surface area contributed by atoms with Gasteiger partial charge in [-0.05, 0) is 25.3 Å². The lowest BCUT2D eigenvalue weighted by Gasteiger charge is -2.14. The van der Waals surface area contributed by atoms with E-state index in [0.717, 1.165) is 36.0 Å². The summed E-state index contributed by atoms with van der Waals surface area (Å²) in [4.78, 5) is 4.67. The van der Waals surface area contributed by atoms with E-state index in [1.165, 1.54) is 0 Å². The molecule has 0 bridgehead atoms. The van der Waals surface area contributed by atoms with Gasteiger partial charge in [0.15, 0.2) is 0 Å². The first-order valence-electron chi connectivity index (χ1n) is 7.45. The molecular formula is C15H20Cl2N6O. The van der Waals surface area contributed by atoms with Crippen LogP contribution in [-0.4, -0.2) is 36.5 Å². The molecule has 3 aromatic rings. The molecule has 1 saturated carbocycles. The van der Waals surface area contributed by atoms with Crippen LogP contribution in [0.3, 0.4) is 0 Å². The molecule has 2 N–H and O–H groups in total. The fraction of sp³-hybridized carbons (Fsp3) is 0.400. The SMILES string of the molecule is Cl.Cl.Cn1cc(-c2cn3nccc3c(O[C@@H]3CC[C@H](N)C3)n2)cn1. The van der Waals surface area contributed by atoms with Gasteiger partial charge in [0.2, 0.25) is 5.88 Å². The number of nitrogens with zero attached hydrogens (tertiary/aromatic N) is 5. The van der Waals surface area contributed by atoms with Gasteiger partial charge in [0, 0.05) is 24.8 Å². The van der Waals surface area contributed by atoms with Crippen LogP contribution in [-0.2, 0) is 7.05 Å². The van der Waals surface area contributed by atoms with E-state index in [4.69, 9.17) is 10.5 Å². The lowest BCUT2D eigenvalue weighted by atomic mass is 10.2. The summed E-state index contributed by atoms with van der Waals surface area (Å²) < 4.78 is 9.65. The number of aryl methyl sites for hydroxylation is 1. The molecule has 4 rings (SSSR count). The van der Waals surface area contributed by atoms with Crippen LogP contribution in [0.5, 0.6) is 5.88 Å². The van der Waals surface area contributed by atoms with Gasteiger partial charge in [-0.1, -0.05) is 0 Å². The van der Waals surface area contributed by atoms with Crippen molar-refractivity contribution in [3.8, 4) is 17.1 Å². The number of hydrogen-bond donors (Lipinski definition) is 1. The van der Waals surface area contributed by atoms with Crippen LogP contribution in [0.2, 0.25) is 0 Å². The van der Waals surface area contributed by atoms with E-state index in [2.05, 4.69) is 15.2 Å². The van der Waals surface area contributed by atoms with Crippen molar-refractivity contribution in [3.05, 3.63) is 30.9 Å². The molecule has 2 atom stereocenters. The van der Waals surface area contributed by atoms with Crippen molar-refractivity contribution in [3.63, 3.8) is 0 Å². The summed E-state index contributed by atoms with van der Waals surface area (Å²) >= 11 is 0. The minimum Gasteiger partial charge on any atom is -0.473 e. The molecule has 0 aromatic carbocycles. The van der Waals surface area contributed by atoms with Crippen LogP contribution in [0.1, 0.15) is 19.3 Å². The summed E-state index contributed by atoms with van der Waals surface area (Å²) in [5.41, 5.74) is 8.57. The third-order valence-electron chi connectivity index (χ3n) is 4.06. The Hall–Kier alpha value is -1.83. The molecule has 7 nitrogen and oxygen atoms in total. The van der Waals surface area contributed by atoms with Crippen molar-refractivity contribution in [2.75, 3.05) is 0 Å². The van der Waals surface area contributed by atoms with Gasteiger partial charge < -0.3 is 10.5 Å². The molecular weight excluding hydrogens is 351 g/mol. The highest BCUT2D eigenvalue weighted by Crippen LogP contribution is 2.28. The smallest absolute Gasteiger partial charge is 0.240 e. The van der Waals surface area contributed by atoms with Gasteiger partial charge in [-0.25, -0.2) is 9.50 Å². The number of rotatable bonds is 3. The fourth-order valence-corrected chi connectivity index (χ4v) is 2.92. The van der Waals surface area contributed by atoms with Gasteiger partial charge in [-0.3, -0.25) is 4.68 Å². The molecule has 3 aromatic heterocycles. The van der Waals surface area contributed by atoms with E-state index in [1.807, 2.05) is 25.5 Å². The molecule has 0 aliphatic heterocycles. The van der Waals surface area contributed by atoms with Crippen molar-refractivity contribution < 1.29 is 4.74 Å². The third kappa shape index (κ3) is 3.48. The maximum Gasteiger partial charge on any atom is 0.240 e. The van der Waals surface area contributed by atoms with E-state index in [1.54, 1.807) is 21.6 Å². The largest absolute Gasteiger partial charge is 0.473 e. The van der Waals surface area contributed by atoms with Gasteiger partial charge >= 0.3 is 0 Å². The first-order chi connectivity index (χ1) is 10.7. The first-order valence-corrected chi connectivity index (χ1v) is 7.45. The quantitative estimate of drug-likeness (QED) is 0.764. The zero-order valence-electron chi connectivity index (χ0n) is 13.2. The van der Waals surface area contributed by atoms with Gasteiger partial charge in [-0.15, -0.1) is 24.8 Å². The summed E-state index contributed by atoms with van der Waals surface area (Å²) in [5, 5.41) is 8.50. The molecule has 3 heterocycles. The molecule has 0 amide bonds. The number of aromatic nitrogens is 5. The molecule has 0 saturated heterocycles. The summed E-state index contributed by atoms with van der Waals surface area (Å²) in [6.45, 7) is 0. The van der Waals surface area contributed by atoms with Crippen molar-refractivity contribution >= 4 is 30.3 Å². The lowest BCUT2D eigenvalue weighted by Crippen LogP contribution is -2.19. The second-order valence-corrected chi connectivity index (χ2v) is 5.81. The van der Waals surface area contributed by atoms with Gasteiger partial charge in [0.1, 0.15) is 11.6 Å². The Kier molecular flexibility index (Phi) is 5.69. The molecule has 0 spiro atoms. The Morgan fingerprint density at radius 2 is 2.04 bits per heavy atom. The van der Waals surface area contributed by atoms with E-state index in [0.29, 0.717) is 5.88 Å². The minimum absolute atomic E-state index is 0. The highest BCUT2D eigenvalue weighted by Gasteiger charge is 2.24. The molecule has 1 aliphatic carbocycles. The molecule has 0 radical (unpaired) electrons. The van der Waals surface area contributed by atoms with Gasteiger partial charge in [0.05, 0.1) is 24.3 Å². The van der Waals surface area contributed by atoms with Gasteiger partial charge in [-0.2, -0.15) is 10.2 Å². The standard InChI is InChI=1S/C15H18N6O.2ClH/c1-20-8-10(7-18-20)13-9-21-14(4-5-17-21)15(19-13)22-12-3-2-11(16)6-12;;/h4-5,7-9,11-12H,2-3,6,16H2,1H3;2*1H/t11-,12+;;/m0../s1. The molecule has 9 heteroatoms. The number of fused-ring (bicyclic) bond motifs is 1. The normalized spacial score (nSPS) is 19.8. The topological polar surface area (TPSA) is 83.3 Å². The molecule has 130 valence electrons. The maximum absolute atomic E-state index is 6.11. The predicted molar refractivity (Wildman–Crippen MR) is 95.9 cm³/mol. The Balaban J connectivity index is 0.00000104. The average Bonchev–Trinajstić information content (AvgIpc) is 3.20. The molecule has 24 heavy (non-hydrogen) atoms. The van der Waals surface area contributed by atoms with Gasteiger partial charge in [0.25, 0.3) is 0 Å². The molecule has 1 fully saturated rings. The molecule has 1 aliphatic rings. The highest BCUT2D eigenvalue weighted by molar-refractivity contribution is 5.85. The van der Waals surface area contributed by atoms with Crippen LogP contribution < -0.4 is 10.5 Å². The van der Waals surface area contributed by atoms with Crippen molar-refractivity contribution in [2.45, 2.75) is 31.4 Å². The lowest BCUT2D eigenvalue weighted by molar-refractivity contribution is 0.202. The average molecular weight is 371 g/mol. The summed E-state index contributed by atoms with van der Waals surface area (Å²) in [6, 6.07) is 2.14. The second kappa shape index (κ2) is 7.38. The number of ether oxygens (including phenoxy) is 1. The Morgan fingerprint density at radius 3 is 2.71 bits per heavy atom. The summed E-state index contributed by atoms with van der Waals surface area (Å²) in [7, 11) is 1.88. The van der Waals surface area contributed by atoms with E-state index in [-0.39, 0.29) is 37.0 Å². The van der Waals surface area contributed by atoms with Crippen LogP contribution in [0, 0.1) is 0 Å². The number of nitrogens with two attached hydrogens (primary N) is 1. The van der Waals surface area contributed by atoms with E-state index in [9.17, 15) is 0 Å². The van der Waals surface area contributed by atoms with Crippen LogP contribution in [0.25, 0.3) is 16.8 Å². The van der Waals surface area contributed by atoms with Crippen LogP contribution in [0.15, 0.2) is 30.9 Å². The highest BCUT2D eigenvalue weighted by atomic mass is 35.5. The number of hydrogen-bond acceptors (Lipinski definition) is 5. The Bertz CT molecular complexity index is 817. The Morgan fingerprint density at radius 1 is 1.21 bits per heavy atom. The van der Waals surface area contributed by atoms with Crippen molar-refractivity contribution in [1.82, 2.24) is 24.4 Å². The van der Waals surface area contributed by atoms with Crippen molar-refractivity contribution in [1.29, 1.82) is 0 Å². The zero-order valence-corrected chi connectivity index (χ0v) is 14.8. The van der Waals surface area contributed by atoms with E-state index >= 15 is 0 Å². The third-order valence-corrected chi connectivity index (χ3v) is 4.06. The monoisotopic (exact) mass is 370 g/mol. The summed E-state index contributed by atoms with van der Waals surface area (Å²) in [5.74, 6) is 0.609. The van der Waals surface area contributed by atoms with Crippen LogP contribution >= 0.6 is 24.8 Å². The van der Waals surface area contributed by atoms with E-state index < -0.39 is 0 Å². The number of halogens is 2. The predicted octanol–water partition coefficient (Wildman–Crippen LogP) is 2.23. The maximum atomic E-state index is 6.11. The summed E-state index contributed by atoms with van der Waals surface area (Å²) in [6.07, 6.45) is 10.3. The second-order valence-electron chi connectivity index (χ2n) is 5.81. The Labute approximate surface area is 152 Å². The zero-order chi connectivity index (χ0) is 15.1. The fourth-order valence-electron chi connectivity index (χ4n) is 2.92. The molecule has 0 unspecified atom stereocenters. The first kappa shape index (κ1) is 18.5.